The van der Waals surface area contributed by atoms with Crippen LogP contribution in [0, 0.1) is 0 Å². The summed E-state index contributed by atoms with van der Waals surface area (Å²) < 4.78 is 5.40. The van der Waals surface area contributed by atoms with Crippen LogP contribution in [0.3, 0.4) is 0 Å². The Balaban J connectivity index is 1.48. The number of hydrogen-bond donors (Lipinski definition) is 2. The lowest BCUT2D eigenvalue weighted by Gasteiger charge is -2.28. The van der Waals surface area contributed by atoms with Crippen LogP contribution < -0.4 is 10.2 Å². The molecule has 2 aromatic rings. The summed E-state index contributed by atoms with van der Waals surface area (Å²) in [5, 5.41) is 14.2. The van der Waals surface area contributed by atoms with Crippen LogP contribution in [-0.2, 0) is 16.1 Å². The maximum atomic E-state index is 12.0. The molecule has 7 heteroatoms. The molecular formula is C23H32N4O3. The molecule has 1 amide bonds. The molecule has 1 aliphatic heterocycles. The van der Waals surface area contributed by atoms with E-state index in [1.54, 1.807) is 0 Å². The van der Waals surface area contributed by atoms with E-state index in [0.29, 0.717) is 6.42 Å². The maximum Gasteiger partial charge on any atom is 0.246 e. The highest BCUT2D eigenvalue weighted by Gasteiger charge is 2.12. The van der Waals surface area contributed by atoms with E-state index in [9.17, 15) is 10.0 Å². The molecular weight excluding hydrogens is 380 g/mol. The Kier molecular flexibility index (Phi) is 8.07. The van der Waals surface area contributed by atoms with E-state index < -0.39 is 0 Å². The Labute approximate surface area is 178 Å². The first kappa shape index (κ1) is 22.1. The second kappa shape index (κ2) is 11.0. The smallest absolute Gasteiger partial charge is 0.246 e. The predicted octanol–water partition coefficient (Wildman–Crippen LogP) is 3.33. The van der Waals surface area contributed by atoms with E-state index in [-0.39, 0.29) is 12.5 Å². The fraction of sp³-hybridized carbons (Fsp3) is 0.435. The van der Waals surface area contributed by atoms with Crippen molar-refractivity contribution < 1.29 is 14.7 Å². The van der Waals surface area contributed by atoms with Gasteiger partial charge in [-0.3, -0.25) is 10.0 Å². The SMILES string of the molecule is CN(C)CCCC(=O)N(O)Cc1ccc(Nc2ccc(N3CCOCC3)cc2)cc1. The zero-order valence-corrected chi connectivity index (χ0v) is 17.9. The first-order valence-electron chi connectivity index (χ1n) is 10.4. The van der Waals surface area contributed by atoms with Gasteiger partial charge in [0.25, 0.3) is 0 Å². The highest BCUT2D eigenvalue weighted by Crippen LogP contribution is 2.22. The third-order valence-electron chi connectivity index (χ3n) is 5.10. The summed E-state index contributed by atoms with van der Waals surface area (Å²) in [6, 6.07) is 16.1. The molecule has 1 fully saturated rings. The predicted molar refractivity (Wildman–Crippen MR) is 119 cm³/mol. The molecule has 0 saturated carbocycles. The van der Waals surface area contributed by atoms with E-state index in [1.165, 1.54) is 5.69 Å². The Morgan fingerprint density at radius 3 is 2.23 bits per heavy atom. The Bertz CT molecular complexity index is 787. The Morgan fingerprint density at radius 1 is 1.03 bits per heavy atom. The average Bonchev–Trinajstić information content (AvgIpc) is 2.76. The van der Waals surface area contributed by atoms with Crippen LogP contribution in [0.5, 0.6) is 0 Å². The molecule has 1 aliphatic rings. The third kappa shape index (κ3) is 6.73. The monoisotopic (exact) mass is 412 g/mol. The van der Waals surface area contributed by atoms with Crippen molar-refractivity contribution in [3.8, 4) is 0 Å². The minimum Gasteiger partial charge on any atom is -0.378 e. The van der Waals surface area contributed by atoms with Crippen LogP contribution in [0.4, 0.5) is 17.1 Å². The number of morpholine rings is 1. The number of amides is 1. The van der Waals surface area contributed by atoms with Crippen molar-refractivity contribution >= 4 is 23.0 Å². The summed E-state index contributed by atoms with van der Waals surface area (Å²) in [5.41, 5.74) is 4.06. The van der Waals surface area contributed by atoms with Crippen molar-refractivity contribution in [3.05, 3.63) is 54.1 Å². The number of rotatable bonds is 9. The number of ether oxygens (including phenoxy) is 1. The number of carbonyl (C=O) groups is 1. The lowest BCUT2D eigenvalue weighted by Crippen LogP contribution is -2.36. The molecule has 2 N–H and O–H groups in total. The summed E-state index contributed by atoms with van der Waals surface area (Å²) >= 11 is 0. The standard InChI is InChI=1S/C23H32N4O3/c1-25(2)13-3-4-23(28)27(29)18-19-5-7-20(8-6-19)24-21-9-11-22(12-10-21)26-14-16-30-17-15-26/h5-12,24,29H,3-4,13-18H2,1-2H3. The molecule has 0 aliphatic carbocycles. The van der Waals surface area contributed by atoms with Gasteiger partial charge < -0.3 is 19.9 Å². The van der Waals surface area contributed by atoms with Crippen molar-refractivity contribution in [2.75, 3.05) is 57.2 Å². The molecule has 0 aromatic heterocycles. The van der Waals surface area contributed by atoms with Gasteiger partial charge in [-0.05, 0) is 69.0 Å². The van der Waals surface area contributed by atoms with Gasteiger partial charge in [-0.25, -0.2) is 5.06 Å². The van der Waals surface area contributed by atoms with Gasteiger partial charge in [0.05, 0.1) is 19.8 Å². The second-order valence-electron chi connectivity index (χ2n) is 7.83. The number of anilines is 3. The first-order chi connectivity index (χ1) is 14.5. The van der Waals surface area contributed by atoms with Crippen LogP contribution >= 0.6 is 0 Å². The maximum absolute atomic E-state index is 12.0. The average molecular weight is 413 g/mol. The first-order valence-corrected chi connectivity index (χ1v) is 10.4. The summed E-state index contributed by atoms with van der Waals surface area (Å²) in [4.78, 5) is 16.4. The van der Waals surface area contributed by atoms with E-state index in [0.717, 1.165) is 61.3 Å². The molecule has 0 unspecified atom stereocenters. The van der Waals surface area contributed by atoms with Gasteiger partial charge >= 0.3 is 0 Å². The Hall–Kier alpha value is -2.61. The van der Waals surface area contributed by atoms with Crippen LogP contribution in [0.25, 0.3) is 0 Å². The summed E-state index contributed by atoms with van der Waals surface area (Å²) in [7, 11) is 3.94. The van der Waals surface area contributed by atoms with Crippen LogP contribution in [0.1, 0.15) is 18.4 Å². The zero-order valence-electron chi connectivity index (χ0n) is 17.9. The minimum absolute atomic E-state index is 0.190. The Morgan fingerprint density at radius 2 is 1.63 bits per heavy atom. The van der Waals surface area contributed by atoms with Crippen LogP contribution in [0.2, 0.25) is 0 Å². The van der Waals surface area contributed by atoms with Gasteiger partial charge in [-0.1, -0.05) is 12.1 Å². The molecule has 1 saturated heterocycles. The highest BCUT2D eigenvalue weighted by molar-refractivity contribution is 5.74. The van der Waals surface area contributed by atoms with Crippen molar-refractivity contribution in [2.24, 2.45) is 0 Å². The number of hydrogen-bond acceptors (Lipinski definition) is 6. The fourth-order valence-corrected chi connectivity index (χ4v) is 3.37. The summed E-state index contributed by atoms with van der Waals surface area (Å²) in [5.74, 6) is -0.251. The molecule has 2 aromatic carbocycles. The van der Waals surface area contributed by atoms with Gasteiger partial charge in [0.1, 0.15) is 0 Å². The zero-order chi connectivity index (χ0) is 21.3. The molecule has 1 heterocycles. The van der Waals surface area contributed by atoms with E-state index >= 15 is 0 Å². The van der Waals surface area contributed by atoms with Crippen molar-refractivity contribution in [1.29, 1.82) is 0 Å². The van der Waals surface area contributed by atoms with Gasteiger partial charge in [0.2, 0.25) is 5.91 Å². The molecule has 3 rings (SSSR count). The topological polar surface area (TPSA) is 68.3 Å². The molecule has 7 nitrogen and oxygen atoms in total. The number of nitrogens with one attached hydrogen (secondary N) is 1. The van der Waals surface area contributed by atoms with Crippen LogP contribution in [-0.4, -0.2) is 68.0 Å². The second-order valence-corrected chi connectivity index (χ2v) is 7.83. The summed E-state index contributed by atoms with van der Waals surface area (Å²) in [6.07, 6.45) is 1.07. The molecule has 0 spiro atoms. The lowest BCUT2D eigenvalue weighted by atomic mass is 10.2. The number of nitrogens with zero attached hydrogens (tertiary/aromatic N) is 3. The normalized spacial score (nSPS) is 14.1. The number of hydroxylamine groups is 2. The van der Waals surface area contributed by atoms with E-state index in [1.807, 2.05) is 43.3 Å². The van der Waals surface area contributed by atoms with Crippen molar-refractivity contribution in [3.63, 3.8) is 0 Å². The molecule has 0 bridgehead atoms. The van der Waals surface area contributed by atoms with E-state index in [4.69, 9.17) is 4.74 Å². The van der Waals surface area contributed by atoms with Gasteiger partial charge in [0, 0.05) is 36.6 Å². The molecule has 162 valence electrons. The lowest BCUT2D eigenvalue weighted by molar-refractivity contribution is -0.168. The minimum atomic E-state index is -0.251. The van der Waals surface area contributed by atoms with Gasteiger partial charge in [0.15, 0.2) is 0 Å². The number of benzene rings is 2. The van der Waals surface area contributed by atoms with Crippen molar-refractivity contribution in [2.45, 2.75) is 19.4 Å². The number of carbonyl (C=O) groups excluding carboxylic acids is 1. The van der Waals surface area contributed by atoms with Gasteiger partial charge in [-0.15, -0.1) is 0 Å². The molecule has 30 heavy (non-hydrogen) atoms. The third-order valence-corrected chi connectivity index (χ3v) is 5.10. The largest absolute Gasteiger partial charge is 0.378 e. The van der Waals surface area contributed by atoms with Gasteiger partial charge in [-0.2, -0.15) is 0 Å². The fourth-order valence-electron chi connectivity index (χ4n) is 3.37. The van der Waals surface area contributed by atoms with Crippen molar-refractivity contribution in [1.82, 2.24) is 9.96 Å². The highest BCUT2D eigenvalue weighted by atomic mass is 16.5. The summed E-state index contributed by atoms with van der Waals surface area (Å²) in [6.45, 7) is 4.42. The molecule has 0 atom stereocenters. The van der Waals surface area contributed by atoms with Crippen LogP contribution in [0.15, 0.2) is 48.5 Å². The van der Waals surface area contributed by atoms with E-state index in [2.05, 4.69) is 34.5 Å². The quantitative estimate of drug-likeness (QED) is 0.486. The molecule has 0 radical (unpaired) electrons.